The Balaban J connectivity index is 1.84. The van der Waals surface area contributed by atoms with Crippen molar-refractivity contribution in [3.8, 4) is 22.8 Å². The highest BCUT2D eigenvalue weighted by Gasteiger charge is 2.22. The monoisotopic (exact) mass is 427 g/mol. The fraction of sp³-hybridized carbons (Fsp3) is 0.190. The molecular weight excluding hydrogens is 406 g/mol. The second kappa shape index (κ2) is 9.32. The predicted molar refractivity (Wildman–Crippen MR) is 115 cm³/mol. The minimum Gasteiger partial charge on any atom is -0.457 e. The summed E-state index contributed by atoms with van der Waals surface area (Å²) in [5.74, 6) is 0.496. The van der Waals surface area contributed by atoms with Crippen LogP contribution in [-0.4, -0.2) is 46.0 Å². The van der Waals surface area contributed by atoms with Gasteiger partial charge in [0.2, 0.25) is 5.91 Å². The number of ether oxygens (including phenoxy) is 1. The zero-order chi connectivity index (χ0) is 21.7. The average Bonchev–Trinajstić information content (AvgIpc) is 3.09. The number of primary amides is 1. The number of carbonyl (C=O) groups is 2. The van der Waals surface area contributed by atoms with E-state index < -0.39 is 5.91 Å². The molecule has 0 spiro atoms. The van der Waals surface area contributed by atoms with E-state index in [-0.39, 0.29) is 23.2 Å². The molecule has 1 aromatic heterocycles. The minimum absolute atomic E-state index is 0.111. The van der Waals surface area contributed by atoms with Crippen molar-refractivity contribution in [3.63, 3.8) is 0 Å². The number of carbonyl (C=O) groups excluding carboxylic acids is 2. The Labute approximate surface area is 179 Å². The van der Waals surface area contributed by atoms with Gasteiger partial charge in [-0.25, -0.2) is 4.68 Å². The maximum Gasteiger partial charge on any atom is 0.254 e. The van der Waals surface area contributed by atoms with E-state index in [1.165, 1.54) is 9.58 Å². The zero-order valence-electron chi connectivity index (χ0n) is 16.4. The van der Waals surface area contributed by atoms with Gasteiger partial charge in [0, 0.05) is 19.2 Å². The van der Waals surface area contributed by atoms with E-state index in [2.05, 4.69) is 5.10 Å². The van der Waals surface area contributed by atoms with Gasteiger partial charge in [-0.15, -0.1) is 11.6 Å². The van der Waals surface area contributed by atoms with Crippen LogP contribution in [0.3, 0.4) is 0 Å². The number of halogens is 1. The number of alkyl halides is 1. The molecule has 0 fully saturated rings. The molecule has 2 amide bonds. The van der Waals surface area contributed by atoms with Crippen LogP contribution in [0.5, 0.6) is 11.5 Å². The molecule has 8 nitrogen and oxygen atoms in total. The lowest BCUT2D eigenvalue weighted by molar-refractivity contribution is -0.127. The molecule has 156 valence electrons. The molecule has 0 bridgehead atoms. The molecule has 0 radical (unpaired) electrons. The standard InChI is InChI=1S/C21H22ClN5O3/c1-26(17(28)13-22)11-12-27-20(23)18(21(24)29)19(25-27)14-7-9-16(10-8-14)30-15-5-3-2-4-6-15/h2-10H,11-13,23H2,1H3,(H2,24,29). The van der Waals surface area contributed by atoms with Crippen LogP contribution in [-0.2, 0) is 11.3 Å². The van der Waals surface area contributed by atoms with E-state index in [0.717, 1.165) is 0 Å². The van der Waals surface area contributed by atoms with Crippen molar-refractivity contribution in [2.45, 2.75) is 6.54 Å². The average molecular weight is 428 g/mol. The van der Waals surface area contributed by atoms with Crippen molar-refractivity contribution < 1.29 is 14.3 Å². The van der Waals surface area contributed by atoms with Crippen LogP contribution in [0.15, 0.2) is 54.6 Å². The van der Waals surface area contributed by atoms with E-state index in [0.29, 0.717) is 35.8 Å². The van der Waals surface area contributed by atoms with Gasteiger partial charge >= 0.3 is 0 Å². The molecule has 0 aliphatic carbocycles. The predicted octanol–water partition coefficient (Wildman–Crippen LogP) is 2.72. The summed E-state index contributed by atoms with van der Waals surface area (Å²) in [6, 6.07) is 16.5. The van der Waals surface area contributed by atoms with Crippen LogP contribution < -0.4 is 16.2 Å². The number of para-hydroxylation sites is 1. The highest BCUT2D eigenvalue weighted by Crippen LogP contribution is 2.29. The Morgan fingerprint density at radius 2 is 1.73 bits per heavy atom. The minimum atomic E-state index is -0.677. The van der Waals surface area contributed by atoms with E-state index >= 15 is 0 Å². The number of nitrogens with zero attached hydrogens (tertiary/aromatic N) is 3. The molecule has 0 atom stereocenters. The van der Waals surface area contributed by atoms with Crippen LogP contribution in [0.25, 0.3) is 11.3 Å². The van der Waals surface area contributed by atoms with Crippen molar-refractivity contribution in [3.05, 3.63) is 60.2 Å². The quantitative estimate of drug-likeness (QED) is 0.536. The zero-order valence-corrected chi connectivity index (χ0v) is 17.2. The number of nitrogen functional groups attached to an aromatic ring is 1. The van der Waals surface area contributed by atoms with Gasteiger partial charge in [-0.2, -0.15) is 5.10 Å². The van der Waals surface area contributed by atoms with Crippen molar-refractivity contribution in [2.24, 2.45) is 5.73 Å². The number of aromatic nitrogens is 2. The van der Waals surface area contributed by atoms with E-state index in [1.807, 2.05) is 30.3 Å². The van der Waals surface area contributed by atoms with Crippen LogP contribution in [0.2, 0.25) is 0 Å². The Morgan fingerprint density at radius 1 is 1.10 bits per heavy atom. The number of anilines is 1. The van der Waals surface area contributed by atoms with Gasteiger partial charge in [0.1, 0.15) is 34.5 Å². The maximum atomic E-state index is 12.0. The van der Waals surface area contributed by atoms with Crippen molar-refractivity contribution in [1.29, 1.82) is 0 Å². The third-order valence-corrected chi connectivity index (χ3v) is 4.76. The summed E-state index contributed by atoms with van der Waals surface area (Å²) in [6.07, 6.45) is 0. The van der Waals surface area contributed by atoms with Gasteiger partial charge in [0.25, 0.3) is 5.91 Å². The molecule has 0 unspecified atom stereocenters. The summed E-state index contributed by atoms with van der Waals surface area (Å²) >= 11 is 5.56. The fourth-order valence-corrected chi connectivity index (χ4v) is 3.07. The number of amides is 2. The Morgan fingerprint density at radius 3 is 2.33 bits per heavy atom. The van der Waals surface area contributed by atoms with Gasteiger partial charge in [-0.1, -0.05) is 18.2 Å². The van der Waals surface area contributed by atoms with Crippen molar-refractivity contribution >= 4 is 29.2 Å². The highest BCUT2D eigenvalue weighted by molar-refractivity contribution is 6.27. The van der Waals surface area contributed by atoms with Gasteiger partial charge < -0.3 is 21.1 Å². The van der Waals surface area contributed by atoms with Crippen molar-refractivity contribution in [2.75, 3.05) is 25.2 Å². The number of benzene rings is 2. The first-order chi connectivity index (χ1) is 14.4. The largest absolute Gasteiger partial charge is 0.457 e. The van der Waals surface area contributed by atoms with Crippen LogP contribution >= 0.6 is 11.6 Å². The molecule has 9 heteroatoms. The lowest BCUT2D eigenvalue weighted by Crippen LogP contribution is -2.31. The summed E-state index contributed by atoms with van der Waals surface area (Å²) < 4.78 is 7.24. The summed E-state index contributed by atoms with van der Waals surface area (Å²) in [7, 11) is 1.63. The lowest BCUT2D eigenvalue weighted by atomic mass is 10.1. The number of rotatable bonds is 8. The van der Waals surface area contributed by atoms with E-state index in [9.17, 15) is 9.59 Å². The normalized spacial score (nSPS) is 10.6. The number of likely N-dealkylation sites (N-methyl/N-ethyl adjacent to an activating group) is 1. The molecule has 3 aromatic rings. The molecule has 0 aliphatic rings. The summed E-state index contributed by atoms with van der Waals surface area (Å²) in [5, 5.41) is 4.45. The van der Waals surface area contributed by atoms with E-state index in [4.69, 9.17) is 27.8 Å². The molecule has 3 rings (SSSR count). The first kappa shape index (κ1) is 21.2. The Bertz CT molecular complexity index is 1030. The Hall–Kier alpha value is -3.52. The van der Waals surface area contributed by atoms with Crippen LogP contribution in [0.1, 0.15) is 10.4 Å². The van der Waals surface area contributed by atoms with Gasteiger partial charge in [0.15, 0.2) is 0 Å². The second-order valence-corrected chi connectivity index (χ2v) is 6.85. The molecular formula is C21H22ClN5O3. The summed E-state index contributed by atoms with van der Waals surface area (Å²) in [6.45, 7) is 0.624. The molecule has 30 heavy (non-hydrogen) atoms. The Kier molecular flexibility index (Phi) is 6.58. The SMILES string of the molecule is CN(CCn1nc(-c2ccc(Oc3ccccc3)cc2)c(C(N)=O)c1N)C(=O)CCl. The maximum absolute atomic E-state index is 12.0. The smallest absolute Gasteiger partial charge is 0.254 e. The summed E-state index contributed by atoms with van der Waals surface area (Å²) in [5.41, 5.74) is 12.8. The molecule has 0 saturated carbocycles. The molecule has 2 aromatic carbocycles. The first-order valence-electron chi connectivity index (χ1n) is 9.20. The number of nitrogens with two attached hydrogens (primary N) is 2. The number of hydrogen-bond acceptors (Lipinski definition) is 5. The molecule has 0 saturated heterocycles. The van der Waals surface area contributed by atoms with Crippen LogP contribution in [0.4, 0.5) is 5.82 Å². The third-order valence-electron chi connectivity index (χ3n) is 4.53. The summed E-state index contributed by atoms with van der Waals surface area (Å²) in [4.78, 5) is 25.1. The first-order valence-corrected chi connectivity index (χ1v) is 9.73. The van der Waals surface area contributed by atoms with E-state index in [1.54, 1.807) is 31.3 Å². The van der Waals surface area contributed by atoms with Gasteiger partial charge in [-0.3, -0.25) is 9.59 Å². The number of hydrogen-bond donors (Lipinski definition) is 2. The highest BCUT2D eigenvalue weighted by atomic mass is 35.5. The topological polar surface area (TPSA) is 116 Å². The van der Waals surface area contributed by atoms with Gasteiger partial charge in [-0.05, 0) is 36.4 Å². The van der Waals surface area contributed by atoms with Crippen LogP contribution in [0, 0.1) is 0 Å². The third kappa shape index (κ3) is 4.72. The second-order valence-electron chi connectivity index (χ2n) is 6.58. The molecule has 1 heterocycles. The molecule has 4 N–H and O–H groups in total. The van der Waals surface area contributed by atoms with Crippen molar-refractivity contribution in [1.82, 2.24) is 14.7 Å². The fourth-order valence-electron chi connectivity index (χ4n) is 2.87. The van der Waals surface area contributed by atoms with Gasteiger partial charge in [0.05, 0.1) is 6.54 Å². The lowest BCUT2D eigenvalue weighted by Gasteiger charge is -2.15. The molecule has 0 aliphatic heterocycles.